The molecule has 1 atom stereocenters. The van der Waals surface area contributed by atoms with Crippen LogP contribution in [-0.2, 0) is 30.4 Å². The zero-order chi connectivity index (χ0) is 15.9. The number of carbonyl (C=O) groups is 2. The zero-order valence-electron chi connectivity index (χ0n) is 12.4. The standard InChI is InChI=1S/C17H18O5/c1-3-4-10-13-14(16(18)20-2)15(17(19)22-13)21-11-12-8-6-5-7-9-12/h3,5-9,13H,1,4,10-11H2,2H3. The molecule has 2 rings (SSSR count). The first-order valence-electron chi connectivity index (χ1n) is 6.98. The third kappa shape index (κ3) is 3.55. The van der Waals surface area contributed by atoms with E-state index in [2.05, 4.69) is 6.58 Å². The Morgan fingerprint density at radius 3 is 2.73 bits per heavy atom. The summed E-state index contributed by atoms with van der Waals surface area (Å²) in [6, 6.07) is 9.36. The number of allylic oxidation sites excluding steroid dienone is 1. The Balaban J connectivity index is 2.19. The molecule has 0 spiro atoms. The minimum Gasteiger partial charge on any atom is -0.481 e. The van der Waals surface area contributed by atoms with Gasteiger partial charge in [0.2, 0.25) is 5.76 Å². The second-order valence-corrected chi connectivity index (χ2v) is 4.77. The van der Waals surface area contributed by atoms with E-state index in [9.17, 15) is 9.59 Å². The van der Waals surface area contributed by atoms with E-state index in [0.717, 1.165) is 5.56 Å². The lowest BCUT2D eigenvalue weighted by Crippen LogP contribution is -2.18. The normalized spacial score (nSPS) is 17.1. The predicted molar refractivity (Wildman–Crippen MR) is 79.6 cm³/mol. The molecule has 1 aromatic carbocycles. The molecule has 0 saturated heterocycles. The average molecular weight is 302 g/mol. The Morgan fingerprint density at radius 2 is 2.09 bits per heavy atom. The summed E-state index contributed by atoms with van der Waals surface area (Å²) >= 11 is 0. The van der Waals surface area contributed by atoms with E-state index in [0.29, 0.717) is 12.8 Å². The summed E-state index contributed by atoms with van der Waals surface area (Å²) in [6.45, 7) is 3.80. The molecule has 5 heteroatoms. The van der Waals surface area contributed by atoms with Crippen LogP contribution in [0.2, 0.25) is 0 Å². The molecule has 0 saturated carbocycles. The Hall–Kier alpha value is -2.56. The SMILES string of the molecule is C=CCCC1OC(=O)C(OCc2ccccc2)=C1C(=O)OC. The molecule has 0 bridgehead atoms. The maximum atomic E-state index is 12.0. The van der Waals surface area contributed by atoms with Gasteiger partial charge >= 0.3 is 11.9 Å². The highest BCUT2D eigenvalue weighted by Crippen LogP contribution is 2.28. The monoisotopic (exact) mass is 302 g/mol. The third-order valence-corrected chi connectivity index (χ3v) is 3.27. The van der Waals surface area contributed by atoms with Crippen LogP contribution in [0.4, 0.5) is 0 Å². The van der Waals surface area contributed by atoms with Gasteiger partial charge in [0.25, 0.3) is 0 Å². The lowest BCUT2D eigenvalue weighted by molar-refractivity contribution is -0.143. The van der Waals surface area contributed by atoms with Crippen LogP contribution >= 0.6 is 0 Å². The van der Waals surface area contributed by atoms with Gasteiger partial charge < -0.3 is 14.2 Å². The lowest BCUT2D eigenvalue weighted by atomic mass is 10.1. The van der Waals surface area contributed by atoms with Crippen molar-refractivity contribution in [2.45, 2.75) is 25.6 Å². The van der Waals surface area contributed by atoms with Gasteiger partial charge in [-0.1, -0.05) is 36.4 Å². The van der Waals surface area contributed by atoms with Crippen molar-refractivity contribution in [1.82, 2.24) is 0 Å². The zero-order valence-corrected chi connectivity index (χ0v) is 12.4. The van der Waals surface area contributed by atoms with E-state index in [1.165, 1.54) is 7.11 Å². The molecular formula is C17H18O5. The summed E-state index contributed by atoms with van der Waals surface area (Å²) in [6.07, 6.45) is 2.14. The van der Waals surface area contributed by atoms with Crippen LogP contribution in [-0.4, -0.2) is 25.2 Å². The molecule has 1 heterocycles. The van der Waals surface area contributed by atoms with Gasteiger partial charge in [-0.3, -0.25) is 0 Å². The highest BCUT2D eigenvalue weighted by atomic mass is 16.6. The van der Waals surface area contributed by atoms with Crippen LogP contribution < -0.4 is 0 Å². The molecule has 0 amide bonds. The van der Waals surface area contributed by atoms with Crippen molar-refractivity contribution < 1.29 is 23.8 Å². The molecule has 1 aliphatic heterocycles. The van der Waals surface area contributed by atoms with Crippen LogP contribution in [0.5, 0.6) is 0 Å². The van der Waals surface area contributed by atoms with E-state index < -0.39 is 18.0 Å². The van der Waals surface area contributed by atoms with Gasteiger partial charge in [0.15, 0.2) is 0 Å². The molecule has 0 radical (unpaired) electrons. The Kier molecular flexibility index (Phi) is 5.36. The average Bonchev–Trinajstić information content (AvgIpc) is 2.86. The minimum absolute atomic E-state index is 0.0650. The first-order valence-corrected chi connectivity index (χ1v) is 6.98. The van der Waals surface area contributed by atoms with Gasteiger partial charge in [0.1, 0.15) is 18.3 Å². The summed E-state index contributed by atoms with van der Waals surface area (Å²) < 4.78 is 15.5. The topological polar surface area (TPSA) is 61.8 Å². The molecule has 1 aliphatic rings. The molecule has 1 aromatic rings. The highest BCUT2D eigenvalue weighted by Gasteiger charge is 2.40. The molecule has 0 N–H and O–H groups in total. The van der Waals surface area contributed by atoms with Crippen LogP contribution in [0.15, 0.2) is 54.3 Å². The number of cyclic esters (lactones) is 1. The Bertz CT molecular complexity index is 588. The maximum Gasteiger partial charge on any atom is 0.374 e. The molecule has 5 nitrogen and oxygen atoms in total. The van der Waals surface area contributed by atoms with Crippen LogP contribution in [0.25, 0.3) is 0 Å². The van der Waals surface area contributed by atoms with Crippen LogP contribution in [0, 0.1) is 0 Å². The number of methoxy groups -OCH3 is 1. The quantitative estimate of drug-likeness (QED) is 0.572. The second kappa shape index (κ2) is 7.45. The Labute approximate surface area is 129 Å². The molecule has 0 aromatic heterocycles. The van der Waals surface area contributed by atoms with Crippen molar-refractivity contribution in [2.75, 3.05) is 7.11 Å². The fourth-order valence-corrected chi connectivity index (χ4v) is 2.17. The first kappa shape index (κ1) is 15.8. The number of rotatable bonds is 7. The van der Waals surface area contributed by atoms with Crippen LogP contribution in [0.1, 0.15) is 18.4 Å². The van der Waals surface area contributed by atoms with E-state index >= 15 is 0 Å². The van der Waals surface area contributed by atoms with E-state index in [1.54, 1.807) is 6.08 Å². The van der Waals surface area contributed by atoms with Crippen molar-refractivity contribution in [2.24, 2.45) is 0 Å². The summed E-state index contributed by atoms with van der Waals surface area (Å²) in [7, 11) is 1.26. The number of benzene rings is 1. The molecule has 1 unspecified atom stereocenters. The molecule has 0 aliphatic carbocycles. The van der Waals surface area contributed by atoms with Crippen molar-refractivity contribution in [3.63, 3.8) is 0 Å². The molecule has 0 fully saturated rings. The minimum atomic E-state index is -0.649. The van der Waals surface area contributed by atoms with Gasteiger partial charge in [-0.05, 0) is 18.4 Å². The van der Waals surface area contributed by atoms with Gasteiger partial charge in [-0.15, -0.1) is 6.58 Å². The number of hydrogen-bond acceptors (Lipinski definition) is 5. The number of esters is 2. The van der Waals surface area contributed by atoms with Crippen LogP contribution in [0.3, 0.4) is 0 Å². The smallest absolute Gasteiger partial charge is 0.374 e. The summed E-state index contributed by atoms with van der Waals surface area (Å²) in [4.78, 5) is 23.9. The summed E-state index contributed by atoms with van der Waals surface area (Å²) in [5.74, 6) is -1.31. The molecule has 22 heavy (non-hydrogen) atoms. The van der Waals surface area contributed by atoms with Gasteiger partial charge in [0, 0.05) is 0 Å². The number of ether oxygens (including phenoxy) is 3. The maximum absolute atomic E-state index is 12.0. The first-order chi connectivity index (χ1) is 10.7. The van der Waals surface area contributed by atoms with E-state index in [1.807, 2.05) is 30.3 Å². The fraction of sp³-hybridized carbons (Fsp3) is 0.294. The van der Waals surface area contributed by atoms with Crippen molar-refractivity contribution in [1.29, 1.82) is 0 Å². The van der Waals surface area contributed by atoms with Gasteiger partial charge in [-0.25, -0.2) is 9.59 Å². The van der Waals surface area contributed by atoms with E-state index in [-0.39, 0.29) is 17.9 Å². The second-order valence-electron chi connectivity index (χ2n) is 4.77. The highest BCUT2D eigenvalue weighted by molar-refractivity contribution is 6.02. The number of hydrogen-bond donors (Lipinski definition) is 0. The fourth-order valence-electron chi connectivity index (χ4n) is 2.17. The largest absolute Gasteiger partial charge is 0.481 e. The predicted octanol–water partition coefficient (Wildman–Crippen LogP) is 2.52. The Morgan fingerprint density at radius 1 is 1.36 bits per heavy atom. The summed E-state index contributed by atoms with van der Waals surface area (Å²) in [5, 5.41) is 0. The molecule has 116 valence electrons. The van der Waals surface area contributed by atoms with Crippen molar-refractivity contribution in [3.05, 3.63) is 59.9 Å². The van der Waals surface area contributed by atoms with Gasteiger partial charge in [0.05, 0.1) is 7.11 Å². The van der Waals surface area contributed by atoms with Crippen molar-refractivity contribution >= 4 is 11.9 Å². The lowest BCUT2D eigenvalue weighted by Gasteiger charge is -2.10. The van der Waals surface area contributed by atoms with Gasteiger partial charge in [-0.2, -0.15) is 0 Å². The molecular weight excluding hydrogens is 284 g/mol. The number of carbonyl (C=O) groups excluding carboxylic acids is 2. The van der Waals surface area contributed by atoms with E-state index in [4.69, 9.17) is 14.2 Å². The third-order valence-electron chi connectivity index (χ3n) is 3.27. The summed E-state index contributed by atoms with van der Waals surface area (Å²) in [5.41, 5.74) is 1.03. The van der Waals surface area contributed by atoms with Crippen molar-refractivity contribution in [3.8, 4) is 0 Å².